The van der Waals surface area contributed by atoms with Gasteiger partial charge in [-0.1, -0.05) is 6.42 Å². The largest absolute Gasteiger partial charge is 0.423 e. The minimum absolute atomic E-state index is 0.185. The average Bonchev–Trinajstić information content (AvgIpc) is 3.08. The molecule has 3 heterocycles. The van der Waals surface area contributed by atoms with Crippen molar-refractivity contribution in [3.05, 3.63) is 23.9 Å². The van der Waals surface area contributed by atoms with Gasteiger partial charge in [0, 0.05) is 7.05 Å². The van der Waals surface area contributed by atoms with Crippen LogP contribution in [0.4, 0.5) is 13.2 Å². The zero-order chi connectivity index (χ0) is 16.4. The quantitative estimate of drug-likeness (QED) is 0.854. The lowest BCUT2D eigenvalue weighted by molar-refractivity contribution is -0.131. The van der Waals surface area contributed by atoms with Gasteiger partial charge in [-0.25, -0.2) is 0 Å². The summed E-state index contributed by atoms with van der Waals surface area (Å²) in [5, 5.41) is 15.2. The lowest BCUT2D eigenvalue weighted by atomic mass is 10.0. The number of halogens is 3. The highest BCUT2D eigenvalue weighted by Gasteiger charge is 2.33. The van der Waals surface area contributed by atoms with Crippen molar-refractivity contribution in [1.29, 1.82) is 0 Å². The molecule has 0 saturated carbocycles. The molecule has 0 radical (unpaired) electrons. The molecule has 0 bridgehead atoms. The SMILES string of the molecule is Cn1cnnc1CN1CCCCC1c1nnc(CC(F)(F)F)o1. The Kier molecular flexibility index (Phi) is 4.33. The van der Waals surface area contributed by atoms with Gasteiger partial charge in [0.2, 0.25) is 11.8 Å². The van der Waals surface area contributed by atoms with Crippen LogP contribution in [-0.2, 0) is 20.0 Å². The fraction of sp³-hybridized carbons (Fsp3) is 0.692. The van der Waals surface area contributed by atoms with Crippen LogP contribution in [-0.4, -0.2) is 42.6 Å². The number of aromatic nitrogens is 5. The predicted octanol–water partition coefficient (Wildman–Crippen LogP) is 2.03. The summed E-state index contributed by atoms with van der Waals surface area (Å²) in [7, 11) is 1.85. The molecule has 0 N–H and O–H groups in total. The van der Waals surface area contributed by atoms with E-state index in [0.29, 0.717) is 6.54 Å². The molecule has 3 rings (SSSR count). The van der Waals surface area contributed by atoms with Crippen molar-refractivity contribution >= 4 is 0 Å². The third kappa shape index (κ3) is 3.87. The van der Waals surface area contributed by atoms with Crippen LogP contribution in [0.25, 0.3) is 0 Å². The van der Waals surface area contributed by atoms with Gasteiger partial charge in [0.15, 0.2) is 0 Å². The number of likely N-dealkylation sites (tertiary alicyclic amines) is 1. The fourth-order valence-electron chi connectivity index (χ4n) is 2.74. The lowest BCUT2D eigenvalue weighted by Gasteiger charge is -2.32. The van der Waals surface area contributed by atoms with E-state index in [1.54, 1.807) is 6.33 Å². The number of nitrogens with zero attached hydrogens (tertiary/aromatic N) is 6. The molecule has 1 atom stereocenters. The maximum absolute atomic E-state index is 12.4. The molecule has 0 amide bonds. The van der Waals surface area contributed by atoms with Crippen molar-refractivity contribution in [2.45, 2.75) is 44.4 Å². The summed E-state index contributed by atoms with van der Waals surface area (Å²) in [6.45, 7) is 1.34. The Hall–Kier alpha value is -1.97. The van der Waals surface area contributed by atoms with Crippen LogP contribution in [0.15, 0.2) is 10.7 Å². The van der Waals surface area contributed by atoms with Gasteiger partial charge in [0.25, 0.3) is 0 Å². The highest BCUT2D eigenvalue weighted by Crippen LogP contribution is 2.32. The first-order chi connectivity index (χ1) is 10.9. The molecule has 1 saturated heterocycles. The maximum atomic E-state index is 12.4. The van der Waals surface area contributed by atoms with Crippen molar-refractivity contribution in [3.63, 3.8) is 0 Å². The predicted molar refractivity (Wildman–Crippen MR) is 72.1 cm³/mol. The number of hydrogen-bond acceptors (Lipinski definition) is 6. The first-order valence-corrected chi connectivity index (χ1v) is 7.38. The molecular formula is C13H17F3N6O. The summed E-state index contributed by atoms with van der Waals surface area (Å²) < 4.78 is 44.3. The van der Waals surface area contributed by atoms with Crippen LogP contribution in [0.5, 0.6) is 0 Å². The first kappa shape index (κ1) is 15.9. The summed E-state index contributed by atoms with van der Waals surface area (Å²) in [5.41, 5.74) is 0. The van der Waals surface area contributed by atoms with E-state index in [-0.39, 0.29) is 11.9 Å². The van der Waals surface area contributed by atoms with Crippen LogP contribution in [0, 0.1) is 0 Å². The molecule has 2 aromatic heterocycles. The molecule has 1 unspecified atom stereocenters. The highest BCUT2D eigenvalue weighted by molar-refractivity contribution is 4.96. The van der Waals surface area contributed by atoms with Gasteiger partial charge in [-0.2, -0.15) is 13.2 Å². The molecule has 1 fully saturated rings. The van der Waals surface area contributed by atoms with Crippen molar-refractivity contribution in [1.82, 2.24) is 29.9 Å². The van der Waals surface area contributed by atoms with Crippen molar-refractivity contribution in [3.8, 4) is 0 Å². The van der Waals surface area contributed by atoms with Gasteiger partial charge >= 0.3 is 6.18 Å². The number of rotatable bonds is 4. The molecule has 10 heteroatoms. The number of piperidine rings is 1. The van der Waals surface area contributed by atoms with E-state index in [2.05, 4.69) is 25.3 Å². The second kappa shape index (κ2) is 6.26. The molecule has 0 aromatic carbocycles. The van der Waals surface area contributed by atoms with Crippen LogP contribution in [0.1, 0.15) is 42.9 Å². The fourth-order valence-corrected chi connectivity index (χ4v) is 2.74. The lowest BCUT2D eigenvalue weighted by Crippen LogP contribution is -2.34. The van der Waals surface area contributed by atoms with Crippen molar-refractivity contribution < 1.29 is 17.6 Å². The molecule has 126 valence electrons. The molecule has 7 nitrogen and oxygen atoms in total. The zero-order valence-electron chi connectivity index (χ0n) is 12.6. The average molecular weight is 330 g/mol. The van der Waals surface area contributed by atoms with Crippen LogP contribution in [0.3, 0.4) is 0 Å². The van der Waals surface area contributed by atoms with E-state index >= 15 is 0 Å². The van der Waals surface area contributed by atoms with E-state index in [4.69, 9.17) is 4.42 Å². The van der Waals surface area contributed by atoms with E-state index in [0.717, 1.165) is 31.6 Å². The van der Waals surface area contributed by atoms with Gasteiger partial charge < -0.3 is 8.98 Å². The topological polar surface area (TPSA) is 72.9 Å². The maximum Gasteiger partial charge on any atom is 0.397 e. The Morgan fingerprint density at radius 1 is 1.26 bits per heavy atom. The van der Waals surface area contributed by atoms with E-state index in [1.807, 2.05) is 11.6 Å². The second-order valence-electron chi connectivity index (χ2n) is 5.67. The van der Waals surface area contributed by atoms with Gasteiger partial charge in [-0.15, -0.1) is 20.4 Å². The molecule has 1 aliphatic heterocycles. The summed E-state index contributed by atoms with van der Waals surface area (Å²) in [5.74, 6) is 0.634. The third-order valence-electron chi connectivity index (χ3n) is 3.88. The Labute approximate surface area is 130 Å². The minimum Gasteiger partial charge on any atom is -0.423 e. The van der Waals surface area contributed by atoms with E-state index in [9.17, 15) is 13.2 Å². The second-order valence-corrected chi connectivity index (χ2v) is 5.67. The third-order valence-corrected chi connectivity index (χ3v) is 3.88. The zero-order valence-corrected chi connectivity index (χ0v) is 12.6. The van der Waals surface area contributed by atoms with Crippen molar-refractivity contribution in [2.24, 2.45) is 7.05 Å². The molecular weight excluding hydrogens is 313 g/mol. The minimum atomic E-state index is -4.35. The standard InChI is InChI=1S/C13H17F3N6O/c1-21-8-17-18-10(21)7-22-5-3-2-4-9(22)12-20-19-11(23-12)6-13(14,15)16/h8-9H,2-7H2,1H3. The van der Waals surface area contributed by atoms with Crippen LogP contribution in [0.2, 0.25) is 0 Å². The Morgan fingerprint density at radius 3 is 2.78 bits per heavy atom. The van der Waals surface area contributed by atoms with Gasteiger partial charge in [-0.3, -0.25) is 4.90 Å². The first-order valence-electron chi connectivity index (χ1n) is 7.38. The highest BCUT2D eigenvalue weighted by atomic mass is 19.4. The van der Waals surface area contributed by atoms with E-state index < -0.39 is 18.5 Å². The van der Waals surface area contributed by atoms with E-state index in [1.165, 1.54) is 0 Å². The summed E-state index contributed by atoms with van der Waals surface area (Å²) in [6, 6.07) is -0.185. The van der Waals surface area contributed by atoms with Crippen molar-refractivity contribution in [2.75, 3.05) is 6.54 Å². The van der Waals surface area contributed by atoms with Gasteiger partial charge in [0.1, 0.15) is 18.6 Å². The summed E-state index contributed by atoms with van der Waals surface area (Å²) in [4.78, 5) is 2.10. The Bertz CT molecular complexity index is 652. The van der Waals surface area contributed by atoms with Gasteiger partial charge in [0.05, 0.1) is 12.6 Å². The smallest absolute Gasteiger partial charge is 0.397 e. The summed E-state index contributed by atoms with van der Waals surface area (Å²) >= 11 is 0. The Balaban J connectivity index is 1.75. The monoisotopic (exact) mass is 330 g/mol. The summed E-state index contributed by atoms with van der Waals surface area (Å²) in [6.07, 6.45) is -1.19. The van der Waals surface area contributed by atoms with Crippen LogP contribution >= 0.6 is 0 Å². The Morgan fingerprint density at radius 2 is 2.09 bits per heavy atom. The molecule has 2 aromatic rings. The molecule has 1 aliphatic rings. The van der Waals surface area contributed by atoms with Crippen LogP contribution < -0.4 is 0 Å². The van der Waals surface area contributed by atoms with Gasteiger partial charge in [-0.05, 0) is 19.4 Å². The number of alkyl halides is 3. The number of hydrogen-bond donors (Lipinski definition) is 0. The molecule has 0 spiro atoms. The number of aryl methyl sites for hydroxylation is 1. The molecule has 23 heavy (non-hydrogen) atoms. The molecule has 0 aliphatic carbocycles. The normalized spacial score (nSPS) is 20.1.